The number of anilines is 1. The van der Waals surface area contributed by atoms with Crippen LogP contribution in [0.5, 0.6) is 5.75 Å². The lowest BCUT2D eigenvalue weighted by molar-refractivity contribution is -0.312. The van der Waals surface area contributed by atoms with Crippen molar-refractivity contribution in [3.63, 3.8) is 0 Å². The van der Waals surface area contributed by atoms with E-state index < -0.39 is 23.5 Å². The van der Waals surface area contributed by atoms with Gasteiger partial charge in [0.05, 0.1) is 11.8 Å². The number of carbonyl (C=O) groups is 2. The van der Waals surface area contributed by atoms with Crippen LogP contribution >= 0.6 is 0 Å². The number of amides is 1. The molecule has 2 aliphatic heterocycles. The van der Waals surface area contributed by atoms with E-state index in [0.29, 0.717) is 56.5 Å². The van der Waals surface area contributed by atoms with Crippen LogP contribution < -0.4 is 14.7 Å². The van der Waals surface area contributed by atoms with E-state index >= 15 is 4.39 Å². The summed E-state index contributed by atoms with van der Waals surface area (Å²) in [6.07, 6.45) is 2.42. The van der Waals surface area contributed by atoms with Crippen molar-refractivity contribution in [2.75, 3.05) is 31.1 Å². The Morgan fingerprint density at radius 1 is 1.05 bits per heavy atom. The Hall–Kier alpha value is -4.52. The number of likely N-dealkylation sites (tertiary alicyclic amines) is 1. The number of carboxylic acid groups (broad SMARTS) is 1. The van der Waals surface area contributed by atoms with E-state index in [1.54, 1.807) is 23.1 Å². The van der Waals surface area contributed by atoms with Crippen molar-refractivity contribution in [3.8, 4) is 23.1 Å². The van der Waals surface area contributed by atoms with Gasteiger partial charge in [-0.15, -0.1) is 0 Å². The molecule has 1 amide bonds. The Balaban J connectivity index is 1.29. The molecule has 5 rings (SSSR count). The molecule has 2 saturated heterocycles. The molecule has 0 radical (unpaired) electrons. The molecule has 10 heteroatoms. The van der Waals surface area contributed by atoms with Crippen LogP contribution in [0.4, 0.5) is 14.6 Å². The molecule has 1 aromatic heterocycles. The third-order valence-corrected chi connectivity index (χ3v) is 8.46. The molecular weight excluding hydrogens is 554 g/mol. The first-order valence-electron chi connectivity index (χ1n) is 14.5. The van der Waals surface area contributed by atoms with E-state index in [1.807, 2.05) is 30.0 Å². The van der Waals surface area contributed by atoms with E-state index in [4.69, 9.17) is 10.00 Å². The largest absolute Gasteiger partial charge is 0.550 e. The summed E-state index contributed by atoms with van der Waals surface area (Å²) in [4.78, 5) is 31.6. The van der Waals surface area contributed by atoms with Crippen LogP contribution in [0.15, 0.2) is 48.5 Å². The number of piperidine rings is 2. The summed E-state index contributed by atoms with van der Waals surface area (Å²) < 4.78 is 35.5. The van der Waals surface area contributed by atoms with E-state index in [-0.39, 0.29) is 30.2 Å². The molecule has 0 saturated carbocycles. The zero-order valence-electron chi connectivity index (χ0n) is 24.0. The Labute approximate surface area is 249 Å². The zero-order valence-corrected chi connectivity index (χ0v) is 24.0. The van der Waals surface area contributed by atoms with Gasteiger partial charge in [-0.2, -0.15) is 5.26 Å². The van der Waals surface area contributed by atoms with Gasteiger partial charge in [-0.1, -0.05) is 24.3 Å². The van der Waals surface area contributed by atoms with Crippen LogP contribution in [-0.2, 0) is 16.2 Å². The fourth-order valence-electron chi connectivity index (χ4n) is 5.92. The first kappa shape index (κ1) is 30.0. The average molecular weight is 588 g/mol. The molecule has 3 aromatic rings. The summed E-state index contributed by atoms with van der Waals surface area (Å²) >= 11 is 0. The van der Waals surface area contributed by atoms with E-state index in [9.17, 15) is 19.1 Å². The molecule has 2 fully saturated rings. The van der Waals surface area contributed by atoms with Gasteiger partial charge in [0.1, 0.15) is 24.7 Å². The van der Waals surface area contributed by atoms with Crippen molar-refractivity contribution in [2.45, 2.75) is 51.6 Å². The fraction of sp³-hybridized carbons (Fsp3) is 0.394. The van der Waals surface area contributed by atoms with Crippen LogP contribution in [0.1, 0.15) is 54.7 Å². The molecular formula is C33H33F2N4O4-. The van der Waals surface area contributed by atoms with Gasteiger partial charge in [-0.3, -0.25) is 4.79 Å². The van der Waals surface area contributed by atoms with E-state index in [0.717, 1.165) is 35.6 Å². The Morgan fingerprint density at radius 3 is 2.47 bits per heavy atom. The number of aromatic nitrogens is 1. The molecule has 0 bridgehead atoms. The van der Waals surface area contributed by atoms with Crippen LogP contribution in [-0.4, -0.2) is 47.9 Å². The number of benzene rings is 2. The van der Waals surface area contributed by atoms with Gasteiger partial charge in [0.15, 0.2) is 11.6 Å². The SMILES string of the molecule is Cc1cc(C2CCN(C(=O)CC#N)CC2)ccc1COc1c(F)cc(F)cc1-c1cccc(N2CCC(C(=O)[O-])CC2)n1. The number of rotatable bonds is 8. The Kier molecular flexibility index (Phi) is 9.19. The molecule has 3 heterocycles. The van der Waals surface area contributed by atoms with Gasteiger partial charge < -0.3 is 24.4 Å². The average Bonchev–Trinajstić information content (AvgIpc) is 3.01. The molecule has 224 valence electrons. The lowest BCUT2D eigenvalue weighted by Crippen LogP contribution is -2.41. The standard InChI is InChI=1S/C33H34F2N4O4/c1-21-17-24(22-8-15-39(16-9-22)31(40)7-12-36)5-6-25(21)20-43-32-27(18-26(34)19-28(32)35)29-3-2-4-30(37-29)38-13-10-23(11-14-38)33(41)42/h2-6,17-19,22-23H,7-11,13-16,20H2,1H3,(H,41,42)/p-1. The quantitative estimate of drug-likeness (QED) is 0.382. The van der Waals surface area contributed by atoms with Crippen LogP contribution in [0.2, 0.25) is 0 Å². The maximum absolute atomic E-state index is 15.1. The fourth-order valence-corrected chi connectivity index (χ4v) is 5.92. The molecule has 43 heavy (non-hydrogen) atoms. The number of nitriles is 1. The number of nitrogens with zero attached hydrogens (tertiary/aromatic N) is 4. The normalized spacial score (nSPS) is 16.1. The number of carbonyl (C=O) groups excluding carboxylic acids is 2. The van der Waals surface area contributed by atoms with Crippen LogP contribution in [0, 0.1) is 35.8 Å². The monoisotopic (exact) mass is 587 g/mol. The minimum absolute atomic E-state index is 0.0687. The number of aryl methyl sites for hydroxylation is 1. The number of hydrogen-bond acceptors (Lipinski definition) is 7. The Bertz CT molecular complexity index is 1540. The number of carboxylic acids is 1. The second kappa shape index (κ2) is 13.2. The van der Waals surface area contributed by atoms with Gasteiger partial charge in [-0.05, 0) is 73.4 Å². The highest BCUT2D eigenvalue weighted by Gasteiger charge is 2.25. The van der Waals surface area contributed by atoms with Crippen LogP contribution in [0.25, 0.3) is 11.3 Å². The summed E-state index contributed by atoms with van der Waals surface area (Å²) in [5.41, 5.74) is 3.53. The minimum atomic E-state index is -1.05. The molecule has 0 unspecified atom stereocenters. The highest BCUT2D eigenvalue weighted by atomic mass is 19.1. The van der Waals surface area contributed by atoms with Gasteiger partial charge in [0, 0.05) is 49.7 Å². The predicted molar refractivity (Wildman–Crippen MR) is 154 cm³/mol. The smallest absolute Gasteiger partial charge is 0.236 e. The van der Waals surface area contributed by atoms with Gasteiger partial charge >= 0.3 is 0 Å². The van der Waals surface area contributed by atoms with Crippen LogP contribution in [0.3, 0.4) is 0 Å². The summed E-state index contributed by atoms with van der Waals surface area (Å²) in [6, 6.07) is 15.2. The molecule has 8 nitrogen and oxygen atoms in total. The lowest BCUT2D eigenvalue weighted by Gasteiger charge is -2.33. The maximum atomic E-state index is 15.1. The second-order valence-electron chi connectivity index (χ2n) is 11.2. The first-order valence-corrected chi connectivity index (χ1v) is 14.5. The summed E-state index contributed by atoms with van der Waals surface area (Å²) in [5.74, 6) is -2.45. The molecule has 0 aliphatic carbocycles. The summed E-state index contributed by atoms with van der Waals surface area (Å²) in [6.45, 7) is 4.25. The van der Waals surface area contributed by atoms with Crippen molar-refractivity contribution < 1.29 is 28.2 Å². The minimum Gasteiger partial charge on any atom is -0.550 e. The predicted octanol–water partition coefficient (Wildman–Crippen LogP) is 4.50. The van der Waals surface area contributed by atoms with Crippen molar-refractivity contribution in [1.82, 2.24) is 9.88 Å². The molecule has 2 aliphatic rings. The Morgan fingerprint density at radius 2 is 1.79 bits per heavy atom. The molecule has 0 atom stereocenters. The number of pyridine rings is 1. The number of halogens is 2. The lowest BCUT2D eigenvalue weighted by atomic mass is 9.87. The first-order chi connectivity index (χ1) is 20.7. The van der Waals surface area contributed by atoms with E-state index in [2.05, 4.69) is 11.1 Å². The van der Waals surface area contributed by atoms with Gasteiger partial charge in [0.25, 0.3) is 0 Å². The highest BCUT2D eigenvalue weighted by molar-refractivity contribution is 5.78. The topological polar surface area (TPSA) is 110 Å². The van der Waals surface area contributed by atoms with Crippen molar-refractivity contribution in [2.24, 2.45) is 5.92 Å². The molecule has 2 aromatic carbocycles. The number of hydrogen-bond donors (Lipinski definition) is 0. The van der Waals surface area contributed by atoms with E-state index in [1.165, 1.54) is 6.07 Å². The zero-order chi connectivity index (χ0) is 30.5. The third-order valence-electron chi connectivity index (χ3n) is 8.46. The maximum Gasteiger partial charge on any atom is 0.236 e. The van der Waals surface area contributed by atoms with Gasteiger partial charge in [-0.25, -0.2) is 13.8 Å². The number of aliphatic carboxylic acids is 1. The summed E-state index contributed by atoms with van der Waals surface area (Å²) in [7, 11) is 0. The van der Waals surface area contributed by atoms with Gasteiger partial charge in [0.2, 0.25) is 5.91 Å². The molecule has 0 spiro atoms. The van der Waals surface area contributed by atoms with Crippen molar-refractivity contribution in [3.05, 3.63) is 76.9 Å². The second-order valence-corrected chi connectivity index (χ2v) is 11.2. The van der Waals surface area contributed by atoms with Crippen molar-refractivity contribution in [1.29, 1.82) is 5.26 Å². The summed E-state index contributed by atoms with van der Waals surface area (Å²) in [5, 5.41) is 20.0. The number of ether oxygens (including phenoxy) is 1. The highest BCUT2D eigenvalue weighted by Crippen LogP contribution is 2.35. The molecule has 0 N–H and O–H groups in total. The van der Waals surface area contributed by atoms with Crippen molar-refractivity contribution >= 4 is 17.7 Å². The third kappa shape index (κ3) is 6.94.